The summed E-state index contributed by atoms with van der Waals surface area (Å²) in [5.74, 6) is 0.585. The van der Waals surface area contributed by atoms with Crippen LogP contribution in [0.25, 0.3) is 0 Å². The molecule has 0 amide bonds. The number of rotatable bonds is 7. The van der Waals surface area contributed by atoms with Crippen molar-refractivity contribution in [2.45, 2.75) is 26.7 Å². The minimum atomic E-state index is -3.13. The topological polar surface area (TPSA) is 63.4 Å². The molecule has 0 saturated carbocycles. The van der Waals surface area contributed by atoms with Crippen molar-refractivity contribution in [1.82, 2.24) is 4.31 Å². The van der Waals surface area contributed by atoms with Gasteiger partial charge in [0.2, 0.25) is 10.0 Å². The maximum atomic E-state index is 11.7. The van der Waals surface area contributed by atoms with E-state index in [4.69, 9.17) is 18.0 Å². The Bertz CT molecular complexity index is 299. The summed E-state index contributed by atoms with van der Waals surface area (Å²) in [5, 5.41) is 0. The molecule has 0 aromatic heterocycles. The summed E-state index contributed by atoms with van der Waals surface area (Å²) < 4.78 is 24.7. The normalized spacial score (nSPS) is 12.3. The predicted molar refractivity (Wildman–Crippen MR) is 67.3 cm³/mol. The van der Waals surface area contributed by atoms with E-state index in [-0.39, 0.29) is 5.75 Å². The second kappa shape index (κ2) is 6.40. The summed E-state index contributed by atoms with van der Waals surface area (Å²) in [4.78, 5) is 0.348. The first-order valence-corrected chi connectivity index (χ1v) is 6.99. The summed E-state index contributed by atoms with van der Waals surface area (Å²) in [6.07, 6.45) is 1.12. The summed E-state index contributed by atoms with van der Waals surface area (Å²) in [6.45, 7) is 4.38. The number of sulfonamides is 1. The molecule has 0 unspecified atom stereocenters. The second-order valence-corrected chi connectivity index (χ2v) is 6.76. The first kappa shape index (κ1) is 14.8. The van der Waals surface area contributed by atoms with Crippen molar-refractivity contribution in [2.75, 3.05) is 19.3 Å². The highest BCUT2D eigenvalue weighted by Gasteiger charge is 2.17. The Morgan fingerprint density at radius 1 is 1.47 bits per heavy atom. The van der Waals surface area contributed by atoms with Crippen LogP contribution in [0.4, 0.5) is 0 Å². The molecule has 0 heterocycles. The van der Waals surface area contributed by atoms with Gasteiger partial charge in [-0.25, -0.2) is 12.7 Å². The van der Waals surface area contributed by atoms with E-state index in [2.05, 4.69) is 0 Å². The van der Waals surface area contributed by atoms with E-state index in [0.717, 1.165) is 0 Å². The zero-order valence-corrected chi connectivity index (χ0v) is 11.2. The highest BCUT2D eigenvalue weighted by Crippen LogP contribution is 2.06. The van der Waals surface area contributed by atoms with Gasteiger partial charge in [-0.05, 0) is 12.3 Å². The van der Waals surface area contributed by atoms with Crippen LogP contribution in [0.3, 0.4) is 0 Å². The zero-order valence-electron chi connectivity index (χ0n) is 9.56. The first-order valence-electron chi connectivity index (χ1n) is 4.98. The van der Waals surface area contributed by atoms with Gasteiger partial charge in [0.1, 0.15) is 0 Å². The van der Waals surface area contributed by atoms with Crippen LogP contribution < -0.4 is 5.73 Å². The third-order valence-electron chi connectivity index (χ3n) is 2.10. The Kier molecular flexibility index (Phi) is 6.31. The van der Waals surface area contributed by atoms with E-state index in [0.29, 0.717) is 30.3 Å². The Labute approximate surface area is 97.9 Å². The van der Waals surface area contributed by atoms with Gasteiger partial charge in [-0.1, -0.05) is 26.1 Å². The number of nitrogens with two attached hydrogens (primary N) is 1. The molecular weight excluding hydrogens is 232 g/mol. The molecule has 0 spiro atoms. The van der Waals surface area contributed by atoms with Crippen molar-refractivity contribution in [3.63, 3.8) is 0 Å². The van der Waals surface area contributed by atoms with Gasteiger partial charge in [-0.15, -0.1) is 0 Å². The van der Waals surface area contributed by atoms with Crippen LogP contribution in [0.5, 0.6) is 0 Å². The SMILES string of the molecule is CC(C)CCS(=O)(=O)N(C)CCC(N)=S. The quantitative estimate of drug-likeness (QED) is 0.686. The van der Waals surface area contributed by atoms with E-state index < -0.39 is 10.0 Å². The minimum Gasteiger partial charge on any atom is -0.393 e. The minimum absolute atomic E-state index is 0.193. The molecule has 6 heteroatoms. The molecule has 15 heavy (non-hydrogen) atoms. The van der Waals surface area contributed by atoms with Gasteiger partial charge < -0.3 is 5.73 Å². The molecule has 0 rings (SSSR count). The van der Waals surface area contributed by atoms with Gasteiger partial charge in [-0.2, -0.15) is 0 Å². The standard InChI is InChI=1S/C9H20N2O2S2/c1-8(2)5-7-15(12,13)11(3)6-4-9(10)14/h8H,4-7H2,1-3H3,(H2,10,14). The lowest BCUT2D eigenvalue weighted by Crippen LogP contribution is -2.32. The van der Waals surface area contributed by atoms with Crippen molar-refractivity contribution in [3.05, 3.63) is 0 Å². The number of thiocarbonyl (C=S) groups is 1. The lowest BCUT2D eigenvalue weighted by molar-refractivity contribution is 0.472. The van der Waals surface area contributed by atoms with E-state index in [9.17, 15) is 8.42 Å². The largest absolute Gasteiger partial charge is 0.393 e. The number of nitrogens with zero attached hydrogens (tertiary/aromatic N) is 1. The molecule has 0 aliphatic rings. The molecule has 0 aromatic carbocycles. The van der Waals surface area contributed by atoms with Crippen LogP contribution in [0.15, 0.2) is 0 Å². The Balaban J connectivity index is 4.14. The third-order valence-corrected chi connectivity index (χ3v) is 4.19. The van der Waals surface area contributed by atoms with Crippen LogP contribution in [-0.2, 0) is 10.0 Å². The molecule has 0 aliphatic heterocycles. The van der Waals surface area contributed by atoms with Crippen molar-refractivity contribution < 1.29 is 8.42 Å². The average Bonchev–Trinajstić information content (AvgIpc) is 2.11. The molecule has 0 aromatic rings. The second-order valence-electron chi connectivity index (χ2n) is 4.04. The highest BCUT2D eigenvalue weighted by atomic mass is 32.2. The van der Waals surface area contributed by atoms with Crippen molar-refractivity contribution in [3.8, 4) is 0 Å². The van der Waals surface area contributed by atoms with Crippen LogP contribution in [0, 0.1) is 5.92 Å². The number of hydrogen-bond donors (Lipinski definition) is 1. The van der Waals surface area contributed by atoms with Crippen molar-refractivity contribution >= 4 is 27.2 Å². The Morgan fingerprint density at radius 2 is 2.00 bits per heavy atom. The molecule has 0 fully saturated rings. The zero-order chi connectivity index (χ0) is 12.1. The maximum Gasteiger partial charge on any atom is 0.213 e. The summed E-state index contributed by atoms with van der Waals surface area (Å²) >= 11 is 4.70. The molecular formula is C9H20N2O2S2. The molecule has 0 aliphatic carbocycles. The first-order chi connectivity index (χ1) is 6.75. The Hall–Kier alpha value is -0.200. The monoisotopic (exact) mass is 252 g/mol. The highest BCUT2D eigenvalue weighted by molar-refractivity contribution is 7.89. The van der Waals surface area contributed by atoms with Crippen molar-refractivity contribution in [2.24, 2.45) is 11.7 Å². The molecule has 2 N–H and O–H groups in total. The number of hydrogen-bond acceptors (Lipinski definition) is 3. The van der Waals surface area contributed by atoms with Gasteiger partial charge in [-0.3, -0.25) is 0 Å². The fraction of sp³-hybridized carbons (Fsp3) is 0.889. The van der Waals surface area contributed by atoms with Gasteiger partial charge in [0.25, 0.3) is 0 Å². The fourth-order valence-electron chi connectivity index (χ4n) is 0.947. The van der Waals surface area contributed by atoms with Crippen LogP contribution >= 0.6 is 12.2 Å². The third kappa shape index (κ3) is 6.81. The van der Waals surface area contributed by atoms with E-state index in [1.54, 1.807) is 7.05 Å². The van der Waals surface area contributed by atoms with E-state index >= 15 is 0 Å². The molecule has 0 atom stereocenters. The van der Waals surface area contributed by atoms with Crippen molar-refractivity contribution in [1.29, 1.82) is 0 Å². The lowest BCUT2D eigenvalue weighted by Gasteiger charge is -2.17. The molecule has 0 saturated heterocycles. The van der Waals surface area contributed by atoms with E-state index in [1.165, 1.54) is 4.31 Å². The smallest absolute Gasteiger partial charge is 0.213 e. The molecule has 4 nitrogen and oxygen atoms in total. The average molecular weight is 252 g/mol. The Morgan fingerprint density at radius 3 is 2.40 bits per heavy atom. The lowest BCUT2D eigenvalue weighted by atomic mass is 10.2. The van der Waals surface area contributed by atoms with Gasteiger partial charge in [0.05, 0.1) is 10.7 Å². The fourth-order valence-corrected chi connectivity index (χ4v) is 2.49. The molecule has 0 bridgehead atoms. The summed E-state index contributed by atoms with van der Waals surface area (Å²) in [7, 11) is -1.57. The summed E-state index contributed by atoms with van der Waals surface area (Å²) in [5.41, 5.74) is 5.32. The van der Waals surface area contributed by atoms with Crippen LogP contribution in [0.1, 0.15) is 26.7 Å². The summed E-state index contributed by atoms with van der Waals surface area (Å²) in [6, 6.07) is 0. The van der Waals surface area contributed by atoms with E-state index in [1.807, 2.05) is 13.8 Å². The maximum absolute atomic E-state index is 11.7. The van der Waals surface area contributed by atoms with Gasteiger partial charge >= 0.3 is 0 Å². The van der Waals surface area contributed by atoms with Crippen LogP contribution in [0.2, 0.25) is 0 Å². The molecule has 0 radical (unpaired) electrons. The predicted octanol–water partition coefficient (Wildman–Crippen LogP) is 0.970. The van der Waals surface area contributed by atoms with Crippen LogP contribution in [-0.4, -0.2) is 37.1 Å². The van der Waals surface area contributed by atoms with Gasteiger partial charge in [0.15, 0.2) is 0 Å². The molecule has 90 valence electrons. The van der Waals surface area contributed by atoms with Gasteiger partial charge in [0, 0.05) is 20.0 Å².